The Morgan fingerprint density at radius 2 is 1.86 bits per heavy atom. The van der Waals surface area contributed by atoms with Gasteiger partial charge in [0.25, 0.3) is 5.91 Å². The first-order valence-electron chi connectivity index (χ1n) is 12.1. The van der Waals surface area contributed by atoms with Crippen LogP contribution in [0.2, 0.25) is 0 Å². The Balaban J connectivity index is 1.43. The molecule has 1 heterocycles. The number of carbonyl (C=O) groups is 3. The highest BCUT2D eigenvalue weighted by Gasteiger charge is 2.32. The van der Waals surface area contributed by atoms with E-state index in [2.05, 4.69) is 20.9 Å². The molecule has 1 aliphatic carbocycles. The largest absolute Gasteiger partial charge is 0.338 e. The number of anilines is 1. The number of aliphatic imine (C=N–C) groups is 1. The minimum atomic E-state index is -1.15. The van der Waals surface area contributed by atoms with Crippen molar-refractivity contribution in [3.8, 4) is 0 Å². The Labute approximate surface area is 221 Å². The lowest BCUT2D eigenvalue weighted by atomic mass is 10.0. The van der Waals surface area contributed by atoms with Crippen molar-refractivity contribution in [3.63, 3.8) is 0 Å². The lowest BCUT2D eigenvalue weighted by Crippen LogP contribution is -2.53. The van der Waals surface area contributed by atoms with Gasteiger partial charge in [0.1, 0.15) is 6.04 Å². The van der Waals surface area contributed by atoms with Gasteiger partial charge >= 0.3 is 6.03 Å². The van der Waals surface area contributed by atoms with Crippen LogP contribution in [0.5, 0.6) is 0 Å². The number of benzene rings is 2. The SMILES string of the molecule is C[C@H](NC(=O)NCCC1=CC=CCC1=S)C(=O)N[C@H]1N=C(c2ccccc2)c2ccccc2N(C)C1=O. The standard InChI is InChI=1S/C28H29N5O3S/c1-18(30-28(36)29-17-16-19-10-6-9-15-23(19)37)26(34)32-25-27(35)33(2)22-14-8-7-13-21(22)24(31-25)20-11-4-3-5-12-20/h3-14,18,25H,15-17H2,1-2H3,(H,32,34)(H2,29,30,36)/t18-,25+/m0/s1. The number of urea groups is 1. The van der Waals surface area contributed by atoms with E-state index >= 15 is 0 Å². The van der Waals surface area contributed by atoms with E-state index in [0.717, 1.165) is 28.0 Å². The maximum Gasteiger partial charge on any atom is 0.315 e. The molecule has 3 N–H and O–H groups in total. The van der Waals surface area contributed by atoms with Gasteiger partial charge in [-0.2, -0.15) is 0 Å². The lowest BCUT2D eigenvalue weighted by molar-refractivity contribution is -0.128. The third-order valence-corrected chi connectivity index (χ3v) is 6.61. The number of para-hydroxylation sites is 1. The number of rotatable bonds is 7. The normalized spacial score (nSPS) is 17.7. The van der Waals surface area contributed by atoms with Gasteiger partial charge in [-0.05, 0) is 25.0 Å². The third-order valence-electron chi connectivity index (χ3n) is 6.19. The first-order valence-corrected chi connectivity index (χ1v) is 12.5. The molecule has 0 saturated carbocycles. The summed E-state index contributed by atoms with van der Waals surface area (Å²) < 4.78 is 0. The minimum Gasteiger partial charge on any atom is -0.338 e. The van der Waals surface area contributed by atoms with Crippen LogP contribution in [-0.4, -0.2) is 54.2 Å². The van der Waals surface area contributed by atoms with Gasteiger partial charge in [-0.1, -0.05) is 79.0 Å². The molecule has 0 unspecified atom stereocenters. The first kappa shape index (κ1) is 26.0. The molecule has 37 heavy (non-hydrogen) atoms. The average Bonchev–Trinajstić information content (AvgIpc) is 3.01. The highest BCUT2D eigenvalue weighted by molar-refractivity contribution is 7.80. The van der Waals surface area contributed by atoms with E-state index in [1.807, 2.05) is 72.8 Å². The predicted octanol–water partition coefficient (Wildman–Crippen LogP) is 3.28. The highest BCUT2D eigenvalue weighted by atomic mass is 32.1. The second-order valence-corrected chi connectivity index (χ2v) is 9.28. The van der Waals surface area contributed by atoms with Gasteiger partial charge in [-0.15, -0.1) is 0 Å². The monoisotopic (exact) mass is 515 g/mol. The number of allylic oxidation sites excluding steroid dienone is 3. The number of benzodiazepines with no additional fused rings is 1. The summed E-state index contributed by atoms with van der Waals surface area (Å²) in [6.07, 6.45) is 6.09. The molecular weight excluding hydrogens is 486 g/mol. The summed E-state index contributed by atoms with van der Waals surface area (Å²) in [4.78, 5) is 45.6. The average molecular weight is 516 g/mol. The fraction of sp³-hybridized carbons (Fsp3) is 0.250. The van der Waals surface area contributed by atoms with Crippen LogP contribution in [-0.2, 0) is 9.59 Å². The maximum atomic E-state index is 13.3. The molecule has 2 aliphatic rings. The van der Waals surface area contributed by atoms with E-state index in [-0.39, 0.29) is 5.91 Å². The molecule has 0 aromatic heterocycles. The van der Waals surface area contributed by atoms with E-state index in [0.29, 0.717) is 24.4 Å². The molecule has 2 aromatic rings. The van der Waals surface area contributed by atoms with Crippen LogP contribution in [0.25, 0.3) is 0 Å². The second kappa shape index (κ2) is 11.7. The Morgan fingerprint density at radius 1 is 1.14 bits per heavy atom. The zero-order valence-electron chi connectivity index (χ0n) is 20.7. The number of nitrogens with zero attached hydrogens (tertiary/aromatic N) is 2. The van der Waals surface area contributed by atoms with Gasteiger partial charge in [-0.3, -0.25) is 9.59 Å². The Kier molecular flexibility index (Phi) is 8.25. The van der Waals surface area contributed by atoms with Gasteiger partial charge in [0, 0.05) is 36.0 Å². The molecule has 0 saturated heterocycles. The van der Waals surface area contributed by atoms with Gasteiger partial charge < -0.3 is 20.9 Å². The van der Waals surface area contributed by atoms with Gasteiger partial charge in [0.2, 0.25) is 12.1 Å². The number of likely N-dealkylation sites (N-methyl/N-ethyl adjacent to an activating group) is 1. The van der Waals surface area contributed by atoms with E-state index in [9.17, 15) is 14.4 Å². The highest BCUT2D eigenvalue weighted by Crippen LogP contribution is 2.27. The number of hydrogen-bond donors (Lipinski definition) is 3. The van der Waals surface area contributed by atoms with Gasteiger partial charge in [0.05, 0.1) is 11.4 Å². The van der Waals surface area contributed by atoms with Crippen LogP contribution in [0.1, 0.15) is 30.9 Å². The van der Waals surface area contributed by atoms with E-state index in [1.54, 1.807) is 14.0 Å². The molecule has 4 rings (SSSR count). The lowest BCUT2D eigenvalue weighted by Gasteiger charge is -2.22. The van der Waals surface area contributed by atoms with Crippen molar-refractivity contribution in [2.75, 3.05) is 18.5 Å². The second-order valence-electron chi connectivity index (χ2n) is 8.79. The van der Waals surface area contributed by atoms with Gasteiger partial charge in [-0.25, -0.2) is 9.79 Å². The minimum absolute atomic E-state index is 0.380. The first-order chi connectivity index (χ1) is 17.8. The fourth-order valence-corrected chi connectivity index (χ4v) is 4.40. The fourth-order valence-electron chi connectivity index (χ4n) is 4.13. The molecule has 0 fully saturated rings. The van der Waals surface area contributed by atoms with Crippen molar-refractivity contribution >= 4 is 46.3 Å². The number of fused-ring (bicyclic) bond motifs is 1. The molecule has 8 nitrogen and oxygen atoms in total. The molecule has 0 bridgehead atoms. The van der Waals surface area contributed by atoms with Crippen LogP contribution >= 0.6 is 12.2 Å². The molecule has 0 radical (unpaired) electrons. The molecule has 190 valence electrons. The maximum absolute atomic E-state index is 13.3. The smallest absolute Gasteiger partial charge is 0.315 e. The van der Waals surface area contributed by atoms with E-state index in [4.69, 9.17) is 12.2 Å². The van der Waals surface area contributed by atoms with Crippen molar-refractivity contribution in [1.82, 2.24) is 16.0 Å². The van der Waals surface area contributed by atoms with Crippen molar-refractivity contribution in [2.45, 2.75) is 32.0 Å². The molecule has 2 aromatic carbocycles. The molecule has 1 aliphatic heterocycles. The Hall–Kier alpha value is -4.11. The van der Waals surface area contributed by atoms with Crippen molar-refractivity contribution in [1.29, 1.82) is 0 Å². The molecule has 4 amide bonds. The quantitative estimate of drug-likeness (QED) is 0.493. The topological polar surface area (TPSA) is 103 Å². The third kappa shape index (κ3) is 6.18. The van der Waals surface area contributed by atoms with Crippen LogP contribution in [0.3, 0.4) is 0 Å². The van der Waals surface area contributed by atoms with Crippen molar-refractivity contribution in [3.05, 3.63) is 89.5 Å². The van der Waals surface area contributed by atoms with Crippen molar-refractivity contribution < 1.29 is 14.4 Å². The summed E-state index contributed by atoms with van der Waals surface area (Å²) in [5, 5.41) is 8.07. The van der Waals surface area contributed by atoms with Crippen molar-refractivity contribution in [2.24, 2.45) is 4.99 Å². The Bertz CT molecular complexity index is 1300. The summed E-state index contributed by atoms with van der Waals surface area (Å²) >= 11 is 5.34. The van der Waals surface area contributed by atoms with Crippen LogP contribution < -0.4 is 20.9 Å². The van der Waals surface area contributed by atoms with Crippen LogP contribution in [0.15, 0.2) is 83.4 Å². The summed E-state index contributed by atoms with van der Waals surface area (Å²) in [5.41, 5.74) is 3.93. The molecular formula is C28H29N5O3S. The number of hydrogen-bond acceptors (Lipinski definition) is 5. The molecule has 0 spiro atoms. The van der Waals surface area contributed by atoms with Crippen LogP contribution in [0, 0.1) is 0 Å². The van der Waals surface area contributed by atoms with Crippen LogP contribution in [0.4, 0.5) is 10.5 Å². The summed E-state index contributed by atoms with van der Waals surface area (Å²) in [5.74, 6) is -0.903. The van der Waals surface area contributed by atoms with E-state index < -0.39 is 24.1 Å². The predicted molar refractivity (Wildman–Crippen MR) is 149 cm³/mol. The number of thiocarbonyl (C=S) groups is 1. The number of carbonyl (C=O) groups excluding carboxylic acids is 3. The Morgan fingerprint density at radius 3 is 2.62 bits per heavy atom. The zero-order chi connectivity index (χ0) is 26.4. The number of nitrogens with one attached hydrogen (secondary N) is 3. The summed E-state index contributed by atoms with van der Waals surface area (Å²) in [7, 11) is 1.65. The van der Waals surface area contributed by atoms with Gasteiger partial charge in [0.15, 0.2) is 0 Å². The zero-order valence-corrected chi connectivity index (χ0v) is 21.5. The molecule has 9 heteroatoms. The number of amides is 4. The van der Waals surface area contributed by atoms with E-state index in [1.165, 1.54) is 4.90 Å². The molecule has 2 atom stereocenters. The summed E-state index contributed by atoms with van der Waals surface area (Å²) in [6, 6.07) is 15.6. The summed E-state index contributed by atoms with van der Waals surface area (Å²) in [6.45, 7) is 1.94.